The lowest BCUT2D eigenvalue weighted by molar-refractivity contribution is -0.355. The summed E-state index contributed by atoms with van der Waals surface area (Å²) in [4.78, 5) is 12.2. The average Bonchev–Trinajstić information content (AvgIpc) is 2.61. The topological polar surface area (TPSA) is 43.1 Å². The predicted octanol–water partition coefficient (Wildman–Crippen LogP) is 3.31. The van der Waals surface area contributed by atoms with Crippen molar-refractivity contribution >= 4 is 28.8 Å². The van der Waals surface area contributed by atoms with Crippen LogP contribution >= 0.6 is 11.6 Å². The van der Waals surface area contributed by atoms with Gasteiger partial charge in [0.1, 0.15) is 11.4 Å². The normalized spacial score (nSPS) is 13.9. The van der Waals surface area contributed by atoms with Gasteiger partial charge in [0.2, 0.25) is 5.69 Å². The van der Waals surface area contributed by atoms with Crippen molar-refractivity contribution in [2.24, 2.45) is 0 Å². The maximum Gasteiger partial charge on any atom is 0.273 e. The predicted molar refractivity (Wildman–Crippen MR) is 69.6 cm³/mol. The van der Waals surface area contributed by atoms with Crippen molar-refractivity contribution in [3.8, 4) is 0 Å². The minimum absolute atomic E-state index is 0.0278. The van der Waals surface area contributed by atoms with Gasteiger partial charge < -0.3 is 5.21 Å². The van der Waals surface area contributed by atoms with Gasteiger partial charge in [0, 0.05) is 11.1 Å². The number of rotatable bonds is 1. The quantitative estimate of drug-likeness (QED) is 0.592. The lowest BCUT2D eigenvalue weighted by Crippen LogP contribution is -2.16. The molecule has 0 atom stereocenters. The Morgan fingerprint density at radius 2 is 1.95 bits per heavy atom. The molecule has 2 aromatic rings. The number of carbonyl (C=O) groups excluding carboxylic acids is 1. The fraction of sp³-hybridized carbons (Fsp3) is 0. The maximum atomic E-state index is 13.1. The van der Waals surface area contributed by atoms with Crippen molar-refractivity contribution in [2.75, 3.05) is 0 Å². The standard InChI is InChI=1S/C14H7ClFNO2/c15-9-3-1-2-8(6-9)13-14(18)11-5-4-10(16)7-12(11)17(13)19/h1-7H. The Morgan fingerprint density at radius 3 is 2.68 bits per heavy atom. The van der Waals surface area contributed by atoms with Gasteiger partial charge in [-0.2, -0.15) is 4.74 Å². The fourth-order valence-corrected chi connectivity index (χ4v) is 2.28. The molecular weight excluding hydrogens is 269 g/mol. The average molecular weight is 276 g/mol. The molecule has 0 aromatic heterocycles. The third kappa shape index (κ3) is 1.81. The molecule has 3 nitrogen and oxygen atoms in total. The summed E-state index contributed by atoms with van der Waals surface area (Å²) in [6.07, 6.45) is 0. The number of nitrogens with zero attached hydrogens (tertiary/aromatic N) is 1. The van der Waals surface area contributed by atoms with Gasteiger partial charge in [0.05, 0.1) is 5.56 Å². The van der Waals surface area contributed by atoms with Crippen molar-refractivity contribution < 1.29 is 13.9 Å². The van der Waals surface area contributed by atoms with Crippen LogP contribution in [0.3, 0.4) is 0 Å². The van der Waals surface area contributed by atoms with Gasteiger partial charge in [-0.15, -0.1) is 0 Å². The van der Waals surface area contributed by atoms with Crippen LogP contribution in [0.15, 0.2) is 42.5 Å². The molecule has 19 heavy (non-hydrogen) atoms. The molecule has 0 spiro atoms. The zero-order valence-electron chi connectivity index (χ0n) is 9.56. The Balaban J connectivity index is 2.22. The second-order valence-corrected chi connectivity index (χ2v) is 4.58. The molecule has 0 saturated heterocycles. The monoisotopic (exact) mass is 275 g/mol. The number of hydrogen-bond donors (Lipinski definition) is 0. The smallest absolute Gasteiger partial charge is 0.273 e. The van der Waals surface area contributed by atoms with Crippen LogP contribution in [0.1, 0.15) is 15.9 Å². The van der Waals surface area contributed by atoms with Crippen LogP contribution in [0.25, 0.3) is 0 Å². The molecule has 0 radical (unpaired) electrons. The summed E-state index contributed by atoms with van der Waals surface area (Å²) in [5.74, 6) is -0.980. The minimum atomic E-state index is -0.556. The molecule has 0 aliphatic carbocycles. The zero-order valence-corrected chi connectivity index (χ0v) is 10.3. The number of hydrogen-bond acceptors (Lipinski definition) is 2. The van der Waals surface area contributed by atoms with E-state index in [-0.39, 0.29) is 17.0 Å². The molecule has 0 fully saturated rings. The molecule has 1 aliphatic heterocycles. The highest BCUT2D eigenvalue weighted by Crippen LogP contribution is 2.29. The summed E-state index contributed by atoms with van der Waals surface area (Å²) < 4.78 is 13.6. The second kappa shape index (κ2) is 4.17. The van der Waals surface area contributed by atoms with Gasteiger partial charge in [0.25, 0.3) is 11.5 Å². The van der Waals surface area contributed by atoms with E-state index in [4.69, 9.17) is 11.6 Å². The van der Waals surface area contributed by atoms with Crippen LogP contribution < -0.4 is 0 Å². The number of carbonyl (C=O) groups is 1. The number of fused-ring (bicyclic) bond motifs is 1. The summed E-state index contributed by atoms with van der Waals surface area (Å²) in [6, 6.07) is 9.97. The molecule has 0 N–H and O–H groups in total. The molecule has 0 amide bonds. The van der Waals surface area contributed by atoms with Gasteiger partial charge in [-0.1, -0.05) is 17.7 Å². The van der Waals surface area contributed by atoms with Crippen LogP contribution in [0, 0.1) is 11.0 Å². The van der Waals surface area contributed by atoms with Crippen molar-refractivity contribution in [1.29, 1.82) is 0 Å². The van der Waals surface area contributed by atoms with Crippen molar-refractivity contribution in [3.05, 3.63) is 69.6 Å². The molecule has 0 bridgehead atoms. The maximum absolute atomic E-state index is 13.1. The Kier molecular flexibility index (Phi) is 2.61. The first-order valence-electron chi connectivity index (χ1n) is 5.52. The molecule has 5 heteroatoms. The van der Waals surface area contributed by atoms with Gasteiger partial charge in [-0.05, 0) is 30.3 Å². The van der Waals surface area contributed by atoms with Crippen LogP contribution in [-0.2, 0) is 0 Å². The Labute approximate surface area is 113 Å². The first-order chi connectivity index (χ1) is 9.08. The summed E-state index contributed by atoms with van der Waals surface area (Å²) in [5, 5.41) is 12.5. The minimum Gasteiger partial charge on any atom is -0.618 e. The third-order valence-corrected chi connectivity index (χ3v) is 3.17. The Morgan fingerprint density at radius 1 is 1.16 bits per heavy atom. The molecule has 1 aliphatic rings. The van der Waals surface area contributed by atoms with Crippen LogP contribution in [0.5, 0.6) is 0 Å². The highest BCUT2D eigenvalue weighted by atomic mass is 35.5. The largest absolute Gasteiger partial charge is 0.618 e. The fourth-order valence-electron chi connectivity index (χ4n) is 2.09. The van der Waals surface area contributed by atoms with E-state index >= 15 is 0 Å². The van der Waals surface area contributed by atoms with E-state index in [0.717, 1.165) is 12.1 Å². The van der Waals surface area contributed by atoms with Crippen LogP contribution in [-0.4, -0.2) is 16.2 Å². The third-order valence-electron chi connectivity index (χ3n) is 2.94. The summed E-state index contributed by atoms with van der Waals surface area (Å²) >= 11 is 5.85. The zero-order chi connectivity index (χ0) is 13.6. The van der Waals surface area contributed by atoms with E-state index in [1.807, 2.05) is 0 Å². The van der Waals surface area contributed by atoms with Gasteiger partial charge in [-0.3, -0.25) is 4.79 Å². The van der Waals surface area contributed by atoms with Crippen molar-refractivity contribution in [2.45, 2.75) is 0 Å². The Bertz CT molecular complexity index is 740. The van der Waals surface area contributed by atoms with Crippen LogP contribution in [0.2, 0.25) is 5.02 Å². The summed E-state index contributed by atoms with van der Waals surface area (Å²) in [7, 11) is 0. The summed E-state index contributed by atoms with van der Waals surface area (Å²) in [5.41, 5.74) is 0.610. The van der Waals surface area contributed by atoms with Gasteiger partial charge in [-0.25, -0.2) is 4.39 Å². The molecule has 0 saturated carbocycles. The lowest BCUT2D eigenvalue weighted by Gasteiger charge is -2.02. The van der Waals surface area contributed by atoms with E-state index in [0.29, 0.717) is 15.3 Å². The molecule has 94 valence electrons. The first-order valence-corrected chi connectivity index (χ1v) is 5.90. The molecule has 3 rings (SSSR count). The first kappa shape index (κ1) is 11.9. The molecule has 1 heterocycles. The van der Waals surface area contributed by atoms with E-state index in [1.165, 1.54) is 12.1 Å². The van der Waals surface area contributed by atoms with E-state index in [1.54, 1.807) is 18.2 Å². The SMILES string of the molecule is O=C1C(c2cccc(Cl)c2)=[N+]([O-])c2cc(F)ccc21. The second-order valence-electron chi connectivity index (χ2n) is 4.14. The number of halogens is 2. The summed E-state index contributed by atoms with van der Waals surface area (Å²) in [6.45, 7) is 0. The number of benzene rings is 2. The highest BCUT2D eigenvalue weighted by molar-refractivity contribution is 6.52. The van der Waals surface area contributed by atoms with E-state index in [2.05, 4.69) is 0 Å². The van der Waals surface area contributed by atoms with E-state index in [9.17, 15) is 14.4 Å². The molecular formula is C14H7ClFNO2. The van der Waals surface area contributed by atoms with E-state index < -0.39 is 11.6 Å². The lowest BCUT2D eigenvalue weighted by atomic mass is 10.0. The molecule has 2 aromatic carbocycles. The highest BCUT2D eigenvalue weighted by Gasteiger charge is 2.36. The van der Waals surface area contributed by atoms with Gasteiger partial charge >= 0.3 is 0 Å². The number of ketones is 1. The van der Waals surface area contributed by atoms with Crippen molar-refractivity contribution in [1.82, 2.24) is 0 Å². The van der Waals surface area contributed by atoms with Gasteiger partial charge in [0.15, 0.2) is 0 Å². The van der Waals surface area contributed by atoms with Crippen LogP contribution in [0.4, 0.5) is 10.1 Å². The van der Waals surface area contributed by atoms with Crippen molar-refractivity contribution in [3.63, 3.8) is 0 Å². The molecule has 0 unspecified atom stereocenters. The number of Topliss-reactive ketones (excluding diaryl/α,β-unsaturated/α-hetero) is 1. The Hall–Kier alpha value is -2.20.